The minimum atomic E-state index is -0.334. The van der Waals surface area contributed by atoms with Crippen LogP contribution >= 0.6 is 11.3 Å². The molecule has 2 N–H and O–H groups in total. The molecule has 0 atom stereocenters. The van der Waals surface area contributed by atoms with E-state index in [9.17, 15) is 9.18 Å². The molecule has 4 rings (SSSR count). The molecule has 0 bridgehead atoms. The molecule has 23 heavy (non-hydrogen) atoms. The molecule has 1 aliphatic heterocycles. The maximum absolute atomic E-state index is 13.3. The summed E-state index contributed by atoms with van der Waals surface area (Å²) in [5.74, 6) is -0.0571. The first kappa shape index (κ1) is 13.8. The van der Waals surface area contributed by atoms with Gasteiger partial charge in [-0.1, -0.05) is 6.07 Å². The molecule has 0 fully saturated rings. The van der Waals surface area contributed by atoms with E-state index in [-0.39, 0.29) is 18.1 Å². The number of benzene rings is 1. The molecule has 3 aromatic rings. The average Bonchev–Trinajstić information content (AvgIpc) is 2.92. The fraction of sp³-hybridized carbons (Fsp3) is 0.0625. The van der Waals surface area contributed by atoms with Gasteiger partial charge in [0.1, 0.15) is 5.82 Å². The number of carbonyl (C=O) groups is 1. The van der Waals surface area contributed by atoms with Crippen molar-refractivity contribution in [1.29, 1.82) is 0 Å². The number of halogens is 1. The van der Waals surface area contributed by atoms with Gasteiger partial charge in [0.2, 0.25) is 11.9 Å². The number of anilines is 3. The van der Waals surface area contributed by atoms with Crippen molar-refractivity contribution in [3.63, 3.8) is 0 Å². The van der Waals surface area contributed by atoms with Gasteiger partial charge in [0.05, 0.1) is 17.8 Å². The first-order valence-corrected chi connectivity index (χ1v) is 7.88. The van der Waals surface area contributed by atoms with Gasteiger partial charge in [0.25, 0.3) is 0 Å². The van der Waals surface area contributed by atoms with Crippen LogP contribution < -0.4 is 10.6 Å². The van der Waals surface area contributed by atoms with Gasteiger partial charge in [0.15, 0.2) is 0 Å². The van der Waals surface area contributed by atoms with Gasteiger partial charge < -0.3 is 10.6 Å². The highest BCUT2D eigenvalue weighted by Crippen LogP contribution is 2.35. The number of amides is 1. The van der Waals surface area contributed by atoms with E-state index in [4.69, 9.17) is 0 Å². The monoisotopic (exact) mass is 326 g/mol. The van der Waals surface area contributed by atoms with E-state index in [0.29, 0.717) is 17.3 Å². The lowest BCUT2D eigenvalue weighted by molar-refractivity contribution is -0.115. The normalized spacial score (nSPS) is 12.8. The Bertz CT molecular complexity index is 909. The lowest BCUT2D eigenvalue weighted by Gasteiger charge is -2.08. The van der Waals surface area contributed by atoms with E-state index in [1.165, 1.54) is 23.5 Å². The Hall–Kier alpha value is -2.80. The molecule has 3 heterocycles. The average molecular weight is 326 g/mol. The number of nitrogens with zero attached hydrogens (tertiary/aromatic N) is 2. The lowest BCUT2D eigenvalue weighted by Crippen LogP contribution is -2.12. The first-order valence-electron chi connectivity index (χ1n) is 6.94. The second-order valence-electron chi connectivity index (χ2n) is 5.13. The summed E-state index contributed by atoms with van der Waals surface area (Å²) >= 11 is 1.50. The molecular weight excluding hydrogens is 315 g/mol. The maximum Gasteiger partial charge on any atom is 0.228 e. The fourth-order valence-electron chi connectivity index (χ4n) is 2.47. The molecule has 114 valence electrons. The quantitative estimate of drug-likeness (QED) is 0.755. The minimum Gasteiger partial charge on any atom is -0.324 e. The Kier molecular flexibility index (Phi) is 3.27. The van der Waals surface area contributed by atoms with Gasteiger partial charge in [-0.15, -0.1) is 11.3 Å². The number of aromatic nitrogens is 2. The summed E-state index contributed by atoms with van der Waals surface area (Å²) < 4.78 is 13.3. The van der Waals surface area contributed by atoms with Crippen LogP contribution in [0.25, 0.3) is 11.3 Å². The zero-order valence-electron chi connectivity index (χ0n) is 11.8. The van der Waals surface area contributed by atoms with Crippen molar-refractivity contribution in [2.75, 3.05) is 10.6 Å². The lowest BCUT2D eigenvalue weighted by atomic mass is 10.1. The van der Waals surface area contributed by atoms with Crippen LogP contribution in [0, 0.1) is 5.82 Å². The molecule has 0 spiro atoms. The Balaban J connectivity index is 1.75. The van der Waals surface area contributed by atoms with Gasteiger partial charge in [-0.05, 0) is 18.2 Å². The Morgan fingerprint density at radius 2 is 2.22 bits per heavy atom. The Morgan fingerprint density at radius 1 is 1.30 bits per heavy atom. The molecule has 7 heteroatoms. The molecule has 0 unspecified atom stereocenters. The summed E-state index contributed by atoms with van der Waals surface area (Å²) in [6.45, 7) is 0. The second kappa shape index (κ2) is 5.44. The third-order valence-corrected chi connectivity index (χ3v) is 4.23. The zero-order chi connectivity index (χ0) is 15.8. The predicted octanol–water partition coefficient (Wildman–Crippen LogP) is 3.58. The van der Waals surface area contributed by atoms with E-state index < -0.39 is 0 Å². The van der Waals surface area contributed by atoms with Crippen LogP contribution in [0.15, 0.2) is 41.2 Å². The third kappa shape index (κ3) is 2.66. The van der Waals surface area contributed by atoms with Crippen LogP contribution in [0.4, 0.5) is 21.7 Å². The number of thiophene rings is 1. The van der Waals surface area contributed by atoms with Crippen molar-refractivity contribution in [2.24, 2.45) is 0 Å². The summed E-state index contributed by atoms with van der Waals surface area (Å²) in [6, 6.07) is 6.09. The molecule has 0 saturated carbocycles. The second-order valence-corrected chi connectivity index (χ2v) is 5.87. The van der Waals surface area contributed by atoms with Crippen molar-refractivity contribution in [3.8, 4) is 11.3 Å². The Labute approximate surface area is 135 Å². The van der Waals surface area contributed by atoms with E-state index in [0.717, 1.165) is 16.8 Å². The maximum atomic E-state index is 13.3. The highest BCUT2D eigenvalue weighted by Gasteiger charge is 2.21. The largest absolute Gasteiger partial charge is 0.324 e. The van der Waals surface area contributed by atoms with Crippen molar-refractivity contribution < 1.29 is 9.18 Å². The Morgan fingerprint density at radius 3 is 3.09 bits per heavy atom. The van der Waals surface area contributed by atoms with E-state index >= 15 is 0 Å². The molecule has 1 aromatic carbocycles. The molecule has 5 nitrogen and oxygen atoms in total. The smallest absolute Gasteiger partial charge is 0.228 e. The topological polar surface area (TPSA) is 66.9 Å². The van der Waals surface area contributed by atoms with Crippen molar-refractivity contribution >= 4 is 34.6 Å². The van der Waals surface area contributed by atoms with Gasteiger partial charge >= 0.3 is 0 Å². The molecule has 0 aliphatic carbocycles. The van der Waals surface area contributed by atoms with Crippen LogP contribution in [0.2, 0.25) is 0 Å². The van der Waals surface area contributed by atoms with Gasteiger partial charge in [0, 0.05) is 33.8 Å². The van der Waals surface area contributed by atoms with E-state index in [2.05, 4.69) is 20.6 Å². The van der Waals surface area contributed by atoms with Gasteiger partial charge in [-0.25, -0.2) is 14.4 Å². The third-order valence-electron chi connectivity index (χ3n) is 3.49. The van der Waals surface area contributed by atoms with Crippen molar-refractivity contribution in [1.82, 2.24) is 9.97 Å². The first-order chi connectivity index (χ1) is 11.2. The number of nitrogens with one attached hydrogen (secondary N) is 2. The van der Waals surface area contributed by atoms with Crippen LogP contribution in [-0.4, -0.2) is 15.9 Å². The van der Waals surface area contributed by atoms with Crippen LogP contribution in [0.5, 0.6) is 0 Å². The van der Waals surface area contributed by atoms with Crippen LogP contribution in [0.1, 0.15) is 5.56 Å². The summed E-state index contributed by atoms with van der Waals surface area (Å²) in [4.78, 5) is 20.6. The highest BCUT2D eigenvalue weighted by atomic mass is 32.1. The number of hydrogen-bond donors (Lipinski definition) is 2. The van der Waals surface area contributed by atoms with Crippen molar-refractivity contribution in [2.45, 2.75) is 6.42 Å². The van der Waals surface area contributed by atoms with E-state index in [1.807, 2.05) is 10.8 Å². The van der Waals surface area contributed by atoms with Crippen molar-refractivity contribution in [3.05, 3.63) is 52.6 Å². The summed E-state index contributed by atoms with van der Waals surface area (Å²) in [6.07, 6.45) is 1.87. The van der Waals surface area contributed by atoms with Crippen LogP contribution in [-0.2, 0) is 11.2 Å². The summed E-state index contributed by atoms with van der Waals surface area (Å²) in [7, 11) is 0. The SMILES string of the molecule is O=C1Cc2cnc(Nc3cccc(F)c3)nc2-c2cscc2N1. The van der Waals surface area contributed by atoms with Gasteiger partial charge in [-0.2, -0.15) is 0 Å². The predicted molar refractivity (Wildman–Crippen MR) is 87.4 cm³/mol. The minimum absolute atomic E-state index is 0.0853. The molecule has 1 amide bonds. The standard InChI is InChI=1S/C16H11FN4OS/c17-10-2-1-3-11(5-10)19-16-18-6-9-4-14(22)20-13-8-23-7-12(13)15(9)21-16/h1-3,5-8H,4H2,(H,20,22)(H,18,19,21). The molecule has 0 saturated heterocycles. The number of hydrogen-bond acceptors (Lipinski definition) is 5. The summed E-state index contributed by atoms with van der Waals surface area (Å²) in [5, 5.41) is 9.67. The number of rotatable bonds is 2. The number of fused-ring (bicyclic) bond motifs is 3. The molecule has 1 aliphatic rings. The zero-order valence-corrected chi connectivity index (χ0v) is 12.7. The fourth-order valence-corrected chi connectivity index (χ4v) is 3.23. The number of carbonyl (C=O) groups excluding carboxylic acids is 1. The van der Waals surface area contributed by atoms with Crippen LogP contribution in [0.3, 0.4) is 0 Å². The highest BCUT2D eigenvalue weighted by molar-refractivity contribution is 7.08. The van der Waals surface area contributed by atoms with Gasteiger partial charge in [-0.3, -0.25) is 4.79 Å². The summed E-state index contributed by atoms with van der Waals surface area (Å²) in [5.41, 5.74) is 3.69. The molecule has 2 aromatic heterocycles. The molecular formula is C16H11FN4OS. The van der Waals surface area contributed by atoms with E-state index in [1.54, 1.807) is 18.3 Å². The molecule has 0 radical (unpaired) electrons.